The molecule has 1 aromatic carbocycles. The lowest BCUT2D eigenvalue weighted by Gasteiger charge is -1.96. The number of benzene rings is 1. The van der Waals surface area contributed by atoms with Crippen molar-refractivity contribution < 1.29 is 4.42 Å². The Balaban J connectivity index is 2.26. The van der Waals surface area contributed by atoms with E-state index in [1.165, 1.54) is 0 Å². The van der Waals surface area contributed by atoms with Gasteiger partial charge in [-0.25, -0.2) is 9.97 Å². The summed E-state index contributed by atoms with van der Waals surface area (Å²) in [6, 6.07) is 7.36. The zero-order chi connectivity index (χ0) is 12.7. The zero-order valence-corrected chi connectivity index (χ0v) is 12.2. The fourth-order valence-electron chi connectivity index (χ4n) is 1.67. The Bertz CT molecular complexity index is 739. The number of nitrogens with two attached hydrogens (primary N) is 1. The molecule has 0 spiro atoms. The number of aromatic nitrogens is 2. The van der Waals surface area contributed by atoms with E-state index in [-0.39, 0.29) is 0 Å². The van der Waals surface area contributed by atoms with Crippen LogP contribution >= 0.6 is 31.9 Å². The van der Waals surface area contributed by atoms with Crippen molar-refractivity contribution >= 4 is 48.6 Å². The second-order valence-electron chi connectivity index (χ2n) is 3.70. The van der Waals surface area contributed by atoms with Gasteiger partial charge in [-0.15, -0.1) is 0 Å². The van der Waals surface area contributed by atoms with Crippen LogP contribution < -0.4 is 5.73 Å². The molecular formula is C12H7Br2N3O. The Morgan fingerprint density at radius 2 is 2.06 bits per heavy atom. The molecule has 0 bridgehead atoms. The first-order valence-corrected chi connectivity index (χ1v) is 6.70. The lowest BCUT2D eigenvalue weighted by molar-refractivity contribution is 0.617. The van der Waals surface area contributed by atoms with Gasteiger partial charge in [0.25, 0.3) is 0 Å². The van der Waals surface area contributed by atoms with Crippen molar-refractivity contribution in [1.82, 2.24) is 9.97 Å². The number of oxazole rings is 1. The topological polar surface area (TPSA) is 64.9 Å². The average Bonchev–Trinajstić information content (AvgIpc) is 2.73. The van der Waals surface area contributed by atoms with Crippen molar-refractivity contribution in [1.29, 1.82) is 0 Å². The van der Waals surface area contributed by atoms with Gasteiger partial charge in [0.2, 0.25) is 5.89 Å². The minimum atomic E-state index is 0.447. The monoisotopic (exact) mass is 367 g/mol. The van der Waals surface area contributed by atoms with Gasteiger partial charge in [-0.1, -0.05) is 15.9 Å². The molecule has 3 rings (SSSR count). The molecule has 0 aliphatic rings. The van der Waals surface area contributed by atoms with E-state index >= 15 is 0 Å². The molecule has 4 nitrogen and oxygen atoms in total. The predicted octanol–water partition coefficient (Wildman–Crippen LogP) is 4.00. The van der Waals surface area contributed by atoms with E-state index in [0.29, 0.717) is 28.4 Å². The molecule has 0 aliphatic heterocycles. The van der Waals surface area contributed by atoms with E-state index in [1.807, 2.05) is 18.2 Å². The van der Waals surface area contributed by atoms with Crippen LogP contribution in [0.3, 0.4) is 0 Å². The van der Waals surface area contributed by atoms with Gasteiger partial charge in [0, 0.05) is 15.1 Å². The van der Waals surface area contributed by atoms with Crippen LogP contribution in [0, 0.1) is 0 Å². The predicted molar refractivity (Wildman–Crippen MR) is 77.1 cm³/mol. The van der Waals surface area contributed by atoms with Crippen molar-refractivity contribution in [2.24, 2.45) is 0 Å². The molecule has 6 heteroatoms. The van der Waals surface area contributed by atoms with Crippen molar-refractivity contribution in [3.63, 3.8) is 0 Å². The molecule has 18 heavy (non-hydrogen) atoms. The largest absolute Gasteiger partial charge is 0.432 e. The fraction of sp³-hybridized carbons (Fsp3) is 0. The second kappa shape index (κ2) is 4.37. The third-order valence-corrected chi connectivity index (χ3v) is 3.54. The summed E-state index contributed by atoms with van der Waals surface area (Å²) in [4.78, 5) is 8.64. The van der Waals surface area contributed by atoms with Crippen LogP contribution in [0.15, 0.2) is 43.8 Å². The molecule has 2 aromatic heterocycles. The Kier molecular flexibility index (Phi) is 2.83. The van der Waals surface area contributed by atoms with E-state index in [9.17, 15) is 0 Å². The fourth-order valence-corrected chi connectivity index (χ4v) is 2.56. The van der Waals surface area contributed by atoms with Crippen LogP contribution in [0.1, 0.15) is 0 Å². The van der Waals surface area contributed by atoms with E-state index in [1.54, 1.807) is 12.3 Å². The van der Waals surface area contributed by atoms with Gasteiger partial charge in [-0.3, -0.25) is 0 Å². The highest BCUT2D eigenvalue weighted by molar-refractivity contribution is 9.10. The SMILES string of the molecule is Nc1cc(Br)cc2nc(-c3ncccc3Br)oc12. The number of hydrogen-bond acceptors (Lipinski definition) is 4. The maximum absolute atomic E-state index is 5.89. The summed E-state index contributed by atoms with van der Waals surface area (Å²) < 4.78 is 7.37. The standard InChI is InChI=1S/C12H7Br2N3O/c13-6-4-8(15)11-9(5-6)17-12(18-11)10-7(14)2-1-3-16-10/h1-5H,15H2. The summed E-state index contributed by atoms with van der Waals surface area (Å²) in [5.74, 6) is 0.447. The number of fused-ring (bicyclic) bond motifs is 1. The molecule has 0 saturated carbocycles. The molecular weight excluding hydrogens is 362 g/mol. The number of rotatable bonds is 1. The Hall–Kier alpha value is -1.40. The second-order valence-corrected chi connectivity index (χ2v) is 5.47. The minimum absolute atomic E-state index is 0.447. The highest BCUT2D eigenvalue weighted by Crippen LogP contribution is 2.32. The van der Waals surface area contributed by atoms with Gasteiger partial charge < -0.3 is 10.2 Å². The molecule has 0 saturated heterocycles. The molecule has 3 aromatic rings. The Morgan fingerprint density at radius 3 is 2.83 bits per heavy atom. The van der Waals surface area contributed by atoms with Gasteiger partial charge in [-0.05, 0) is 40.2 Å². The molecule has 0 atom stereocenters. The van der Waals surface area contributed by atoms with Crippen LogP contribution in [-0.2, 0) is 0 Å². The van der Waals surface area contributed by atoms with Crippen molar-refractivity contribution in [3.8, 4) is 11.6 Å². The van der Waals surface area contributed by atoms with Crippen LogP contribution in [-0.4, -0.2) is 9.97 Å². The van der Waals surface area contributed by atoms with Crippen LogP contribution in [0.5, 0.6) is 0 Å². The third-order valence-electron chi connectivity index (χ3n) is 2.44. The molecule has 2 heterocycles. The normalized spacial score (nSPS) is 11.0. The maximum Gasteiger partial charge on any atom is 0.247 e. The van der Waals surface area contributed by atoms with E-state index in [0.717, 1.165) is 8.95 Å². The molecule has 0 unspecified atom stereocenters. The molecule has 0 amide bonds. The minimum Gasteiger partial charge on any atom is -0.432 e. The van der Waals surface area contributed by atoms with Crippen molar-refractivity contribution in [2.75, 3.05) is 5.73 Å². The molecule has 2 N–H and O–H groups in total. The first-order chi connectivity index (χ1) is 8.65. The first-order valence-electron chi connectivity index (χ1n) is 5.11. The van der Waals surface area contributed by atoms with Gasteiger partial charge in [0.15, 0.2) is 5.58 Å². The Labute approximate surface area is 119 Å². The van der Waals surface area contributed by atoms with Crippen LogP contribution in [0.2, 0.25) is 0 Å². The van der Waals surface area contributed by atoms with Crippen molar-refractivity contribution in [2.45, 2.75) is 0 Å². The van der Waals surface area contributed by atoms with E-state index < -0.39 is 0 Å². The number of hydrogen-bond donors (Lipinski definition) is 1. The lowest BCUT2D eigenvalue weighted by Crippen LogP contribution is -1.84. The molecule has 90 valence electrons. The summed E-state index contributed by atoms with van der Waals surface area (Å²) in [7, 11) is 0. The quantitative estimate of drug-likeness (QED) is 0.659. The number of nitrogens with zero attached hydrogens (tertiary/aromatic N) is 2. The highest BCUT2D eigenvalue weighted by atomic mass is 79.9. The van der Waals surface area contributed by atoms with E-state index in [4.69, 9.17) is 10.2 Å². The van der Waals surface area contributed by atoms with Gasteiger partial charge in [0.1, 0.15) is 11.2 Å². The molecule has 0 radical (unpaired) electrons. The average molecular weight is 369 g/mol. The number of pyridine rings is 1. The number of anilines is 1. The number of nitrogen functional groups attached to an aromatic ring is 1. The molecule has 0 fully saturated rings. The smallest absolute Gasteiger partial charge is 0.247 e. The van der Waals surface area contributed by atoms with E-state index in [2.05, 4.69) is 41.8 Å². The first kappa shape index (κ1) is 11.7. The summed E-state index contributed by atoms with van der Waals surface area (Å²) in [5, 5.41) is 0. The van der Waals surface area contributed by atoms with Gasteiger partial charge in [-0.2, -0.15) is 0 Å². The van der Waals surface area contributed by atoms with Crippen molar-refractivity contribution in [3.05, 3.63) is 39.4 Å². The van der Waals surface area contributed by atoms with Gasteiger partial charge >= 0.3 is 0 Å². The third kappa shape index (κ3) is 1.91. The van der Waals surface area contributed by atoms with Crippen LogP contribution in [0.25, 0.3) is 22.7 Å². The summed E-state index contributed by atoms with van der Waals surface area (Å²) in [5.41, 5.74) is 8.37. The number of halogens is 2. The lowest BCUT2D eigenvalue weighted by atomic mass is 10.3. The molecule has 0 aliphatic carbocycles. The zero-order valence-electron chi connectivity index (χ0n) is 9.02. The Morgan fingerprint density at radius 1 is 1.22 bits per heavy atom. The summed E-state index contributed by atoms with van der Waals surface area (Å²) in [6.45, 7) is 0. The highest BCUT2D eigenvalue weighted by Gasteiger charge is 2.14. The summed E-state index contributed by atoms with van der Waals surface area (Å²) >= 11 is 6.80. The van der Waals surface area contributed by atoms with Gasteiger partial charge in [0.05, 0.1) is 5.69 Å². The summed E-state index contributed by atoms with van der Waals surface area (Å²) in [6.07, 6.45) is 1.69. The maximum atomic E-state index is 5.89. The van der Waals surface area contributed by atoms with Crippen LogP contribution in [0.4, 0.5) is 5.69 Å².